The molecular formula is C50H56ClN7O6. The lowest BCUT2D eigenvalue weighted by atomic mass is 9.70. The Morgan fingerprint density at radius 1 is 0.797 bits per heavy atom. The molecule has 0 unspecified atom stereocenters. The summed E-state index contributed by atoms with van der Waals surface area (Å²) >= 11 is 6.61. The van der Waals surface area contributed by atoms with Gasteiger partial charge in [-0.1, -0.05) is 49.1 Å². The molecule has 2 N–H and O–H groups in total. The number of aromatic nitrogens is 2. The minimum Gasteiger partial charge on any atom is -0.492 e. The lowest BCUT2D eigenvalue weighted by molar-refractivity contribution is -0.139. The van der Waals surface area contributed by atoms with Gasteiger partial charge in [0.25, 0.3) is 11.5 Å². The van der Waals surface area contributed by atoms with Crippen LogP contribution in [0.5, 0.6) is 5.75 Å². The predicted octanol–water partition coefficient (Wildman–Crippen LogP) is 6.29. The standard InChI is InChI=1S/C45H49ClN6O4.C5H7NO2/c46-35-5-4-6-36-38(35)41(54)48-43-45(15-2-1-3-16-45)33-13-11-30(25-37(33)52(36)43)50-23-21-49(22-24-50)29-9-7-28(8-10-29)42(55)51-19-17-44(18-20-51)27-56-39-32-26-47-40(53)31(32)12-14-34(39)44;7-4-2-1-3-5(8)6-4/h4-6,11-14,25,28-29H,1-3,7-10,15-24,26-27H2,(H,47,53);1-3H2,(H,6,7,8). The molecule has 3 aromatic carbocycles. The van der Waals surface area contributed by atoms with Gasteiger partial charge in [-0.25, -0.2) is 0 Å². The minimum atomic E-state index is -0.226. The van der Waals surface area contributed by atoms with Crippen LogP contribution in [0.2, 0.25) is 5.02 Å². The van der Waals surface area contributed by atoms with E-state index < -0.39 is 0 Å². The highest BCUT2D eigenvalue weighted by Crippen LogP contribution is 2.53. The Bertz CT molecular complexity index is 2620. The van der Waals surface area contributed by atoms with E-state index in [4.69, 9.17) is 21.3 Å². The van der Waals surface area contributed by atoms with E-state index in [0.717, 1.165) is 137 Å². The molecule has 334 valence electrons. The van der Waals surface area contributed by atoms with Crippen LogP contribution in [0.25, 0.3) is 16.6 Å². The predicted molar refractivity (Wildman–Crippen MR) is 243 cm³/mol. The summed E-state index contributed by atoms with van der Waals surface area (Å²) in [6, 6.07) is 17.3. The average Bonchev–Trinajstić information content (AvgIpc) is 3.96. The van der Waals surface area contributed by atoms with E-state index in [9.17, 15) is 24.0 Å². The summed E-state index contributed by atoms with van der Waals surface area (Å²) in [4.78, 5) is 72.2. The fourth-order valence-corrected chi connectivity index (χ4v) is 12.8. The fraction of sp³-hybridized carbons (Fsp3) is 0.520. The van der Waals surface area contributed by atoms with Crippen LogP contribution in [0.1, 0.15) is 123 Å². The molecule has 64 heavy (non-hydrogen) atoms. The lowest BCUT2D eigenvalue weighted by Gasteiger charge is -2.44. The van der Waals surface area contributed by atoms with Gasteiger partial charge in [0.1, 0.15) is 11.6 Å². The van der Waals surface area contributed by atoms with Gasteiger partial charge in [0.05, 0.1) is 33.6 Å². The number of anilines is 1. The van der Waals surface area contributed by atoms with Crippen LogP contribution in [-0.4, -0.2) is 94.9 Å². The molecule has 5 fully saturated rings. The van der Waals surface area contributed by atoms with Crippen molar-refractivity contribution in [1.29, 1.82) is 0 Å². The maximum absolute atomic E-state index is 13.8. The first kappa shape index (κ1) is 41.4. The molecule has 13 nitrogen and oxygen atoms in total. The molecule has 12 rings (SSSR count). The molecule has 0 bridgehead atoms. The van der Waals surface area contributed by atoms with E-state index in [2.05, 4.69) is 54.2 Å². The van der Waals surface area contributed by atoms with Crippen molar-refractivity contribution in [3.05, 3.63) is 92.0 Å². The summed E-state index contributed by atoms with van der Waals surface area (Å²) in [5, 5.41) is 6.09. The zero-order chi connectivity index (χ0) is 43.7. The third-order valence-electron chi connectivity index (χ3n) is 16.1. The van der Waals surface area contributed by atoms with E-state index in [1.807, 2.05) is 18.2 Å². The van der Waals surface area contributed by atoms with Gasteiger partial charge < -0.3 is 19.9 Å². The van der Waals surface area contributed by atoms with Crippen LogP contribution >= 0.6 is 11.6 Å². The number of piperazine rings is 1. The molecule has 1 aromatic heterocycles. The molecule has 0 radical (unpaired) electrons. The fourth-order valence-electron chi connectivity index (χ4n) is 12.6. The summed E-state index contributed by atoms with van der Waals surface area (Å²) in [5.41, 5.74) is 6.97. The number of rotatable bonds is 3. The Labute approximate surface area is 377 Å². The number of hydrogen-bond acceptors (Lipinski definition) is 9. The number of nitrogens with zero attached hydrogens (tertiary/aromatic N) is 5. The second-order valence-corrected chi connectivity index (χ2v) is 19.9. The number of amides is 4. The van der Waals surface area contributed by atoms with Crippen LogP contribution in [0.4, 0.5) is 5.69 Å². The number of halogens is 1. The summed E-state index contributed by atoms with van der Waals surface area (Å²) in [6.07, 6.45) is 13.1. The molecule has 0 atom stereocenters. The maximum Gasteiger partial charge on any atom is 0.282 e. The molecule has 7 heterocycles. The number of piperidine rings is 2. The van der Waals surface area contributed by atoms with Crippen molar-refractivity contribution in [1.82, 2.24) is 30.0 Å². The zero-order valence-electron chi connectivity index (χ0n) is 36.4. The lowest BCUT2D eigenvalue weighted by Crippen LogP contribution is -2.52. The van der Waals surface area contributed by atoms with E-state index in [0.29, 0.717) is 54.8 Å². The Hall–Kier alpha value is -5.27. The molecule has 4 aromatic rings. The SMILES string of the molecule is O=C1CCCC(=O)N1.O=C1NCc2c1ccc1c2OCC12CCN(C(=O)C1CCC(N3CCN(c4ccc5c(c4)-n4c(nc(=O)c6c(Cl)cccc64)C54CCCCC4)CC3)CC1)CC2. The van der Waals surface area contributed by atoms with Crippen molar-refractivity contribution in [2.75, 3.05) is 50.8 Å². The highest BCUT2D eigenvalue weighted by Gasteiger charge is 2.48. The van der Waals surface area contributed by atoms with Gasteiger partial charge in [0, 0.05) is 98.4 Å². The van der Waals surface area contributed by atoms with Crippen molar-refractivity contribution < 1.29 is 23.9 Å². The molecule has 6 aliphatic heterocycles. The number of ether oxygens (including phenoxy) is 1. The van der Waals surface area contributed by atoms with E-state index in [-0.39, 0.29) is 40.0 Å². The van der Waals surface area contributed by atoms with Gasteiger partial charge in [0.2, 0.25) is 17.7 Å². The molecule has 3 saturated heterocycles. The van der Waals surface area contributed by atoms with Crippen LogP contribution in [-0.2, 0) is 31.8 Å². The third-order valence-corrected chi connectivity index (χ3v) is 16.4. The second-order valence-electron chi connectivity index (χ2n) is 19.5. The van der Waals surface area contributed by atoms with Crippen LogP contribution in [0, 0.1) is 5.92 Å². The van der Waals surface area contributed by atoms with E-state index in [1.54, 1.807) is 6.07 Å². The number of nitrogens with one attached hydrogen (secondary N) is 2. The molecular weight excluding hydrogens is 830 g/mol. The van der Waals surface area contributed by atoms with Gasteiger partial charge in [-0.05, 0) is 93.7 Å². The van der Waals surface area contributed by atoms with Crippen molar-refractivity contribution in [2.45, 2.75) is 113 Å². The number of imide groups is 1. The molecule has 2 spiro atoms. The molecule has 2 saturated carbocycles. The largest absolute Gasteiger partial charge is 0.492 e. The monoisotopic (exact) mass is 885 g/mol. The number of fused-ring (bicyclic) bond motifs is 11. The van der Waals surface area contributed by atoms with Gasteiger partial charge >= 0.3 is 0 Å². The van der Waals surface area contributed by atoms with Gasteiger partial charge in [0.15, 0.2) is 0 Å². The van der Waals surface area contributed by atoms with Crippen molar-refractivity contribution in [2.24, 2.45) is 5.92 Å². The smallest absolute Gasteiger partial charge is 0.282 e. The highest BCUT2D eigenvalue weighted by atomic mass is 35.5. The quantitative estimate of drug-likeness (QED) is 0.227. The number of hydrogen-bond donors (Lipinski definition) is 2. The number of likely N-dealkylation sites (tertiary alicyclic amines) is 1. The molecule has 2 aliphatic carbocycles. The topological polar surface area (TPSA) is 146 Å². The Balaban J connectivity index is 0.000000518. The van der Waals surface area contributed by atoms with Crippen LogP contribution < -0.4 is 25.8 Å². The normalized spacial score (nSPS) is 24.3. The zero-order valence-corrected chi connectivity index (χ0v) is 37.1. The van der Waals surface area contributed by atoms with Gasteiger partial charge in [-0.2, -0.15) is 4.98 Å². The van der Waals surface area contributed by atoms with Crippen LogP contribution in [0.3, 0.4) is 0 Å². The van der Waals surface area contributed by atoms with Gasteiger partial charge in [-0.3, -0.25) is 38.8 Å². The highest BCUT2D eigenvalue weighted by molar-refractivity contribution is 6.35. The van der Waals surface area contributed by atoms with Gasteiger partial charge in [-0.15, -0.1) is 0 Å². The van der Waals surface area contributed by atoms with Crippen molar-refractivity contribution in [3.63, 3.8) is 0 Å². The summed E-state index contributed by atoms with van der Waals surface area (Å²) in [6.45, 7) is 6.67. The second kappa shape index (κ2) is 16.3. The van der Waals surface area contributed by atoms with Crippen molar-refractivity contribution >= 4 is 51.8 Å². The Morgan fingerprint density at radius 3 is 2.25 bits per heavy atom. The Kier molecular flexibility index (Phi) is 10.6. The number of carbonyl (C=O) groups excluding carboxylic acids is 4. The van der Waals surface area contributed by atoms with Crippen molar-refractivity contribution in [3.8, 4) is 11.4 Å². The van der Waals surface area contributed by atoms with E-state index >= 15 is 0 Å². The third kappa shape index (κ3) is 6.91. The molecule has 14 heteroatoms. The molecule has 4 amide bonds. The Morgan fingerprint density at radius 2 is 1.53 bits per heavy atom. The molecule has 8 aliphatic rings. The first-order chi connectivity index (χ1) is 31.1. The number of carbonyl (C=O) groups is 4. The minimum absolute atomic E-state index is 0.0154. The summed E-state index contributed by atoms with van der Waals surface area (Å²) in [5.74, 6) is 1.96. The summed E-state index contributed by atoms with van der Waals surface area (Å²) < 4.78 is 8.50. The maximum atomic E-state index is 13.8. The first-order valence-electron chi connectivity index (χ1n) is 23.7. The first-order valence-corrected chi connectivity index (χ1v) is 24.0. The average molecular weight is 886 g/mol. The summed E-state index contributed by atoms with van der Waals surface area (Å²) in [7, 11) is 0. The number of benzene rings is 3. The van der Waals surface area contributed by atoms with Crippen LogP contribution in [0.15, 0.2) is 53.3 Å². The van der Waals surface area contributed by atoms with E-state index in [1.165, 1.54) is 23.2 Å².